The maximum absolute atomic E-state index is 12.5. The van der Waals surface area contributed by atoms with Crippen molar-refractivity contribution in [3.63, 3.8) is 0 Å². The van der Waals surface area contributed by atoms with E-state index in [1.165, 1.54) is 6.92 Å². The number of ether oxygens (including phenoxy) is 1. The van der Waals surface area contributed by atoms with Crippen molar-refractivity contribution in [3.05, 3.63) is 82.1 Å². The fourth-order valence-electron chi connectivity index (χ4n) is 2.78. The molecule has 1 N–H and O–H groups in total. The number of amides is 1. The standard InChI is InChI=1S/C22H19ClN2O3/c1-14-17-10-6-7-11-18(17)25-20(21(14)23)13-28-22(27)19(24-15(2)26)12-16-8-4-3-5-9-16/h3-12H,13H2,1-2H3,(H,24,26)/b19-12-. The van der Waals surface area contributed by atoms with E-state index < -0.39 is 5.97 Å². The zero-order valence-electron chi connectivity index (χ0n) is 15.5. The fourth-order valence-corrected chi connectivity index (χ4v) is 2.97. The summed E-state index contributed by atoms with van der Waals surface area (Å²) < 4.78 is 5.38. The maximum atomic E-state index is 12.5. The Morgan fingerprint density at radius 3 is 2.50 bits per heavy atom. The number of fused-ring (bicyclic) bond motifs is 1. The molecule has 1 heterocycles. The van der Waals surface area contributed by atoms with E-state index in [2.05, 4.69) is 10.3 Å². The molecule has 2 aromatic carbocycles. The summed E-state index contributed by atoms with van der Waals surface area (Å²) in [7, 11) is 0. The number of carbonyl (C=O) groups is 2. The summed E-state index contributed by atoms with van der Waals surface area (Å²) in [6.45, 7) is 3.13. The molecule has 1 amide bonds. The van der Waals surface area contributed by atoms with E-state index in [9.17, 15) is 9.59 Å². The van der Waals surface area contributed by atoms with Crippen LogP contribution in [-0.4, -0.2) is 16.9 Å². The molecule has 0 aliphatic rings. The minimum absolute atomic E-state index is 0.0485. The number of nitrogens with one attached hydrogen (secondary N) is 1. The van der Waals surface area contributed by atoms with Gasteiger partial charge in [-0.15, -0.1) is 0 Å². The summed E-state index contributed by atoms with van der Waals surface area (Å²) in [4.78, 5) is 28.5. The van der Waals surface area contributed by atoms with Gasteiger partial charge in [0.2, 0.25) is 5.91 Å². The third-order valence-electron chi connectivity index (χ3n) is 4.13. The molecule has 3 rings (SSSR count). The highest BCUT2D eigenvalue weighted by Gasteiger charge is 2.16. The lowest BCUT2D eigenvalue weighted by Gasteiger charge is -2.12. The Kier molecular flexibility index (Phi) is 6.06. The largest absolute Gasteiger partial charge is 0.454 e. The summed E-state index contributed by atoms with van der Waals surface area (Å²) in [6.07, 6.45) is 1.56. The lowest BCUT2D eigenvalue weighted by atomic mass is 10.1. The molecule has 0 aliphatic heterocycles. The number of benzene rings is 2. The van der Waals surface area contributed by atoms with Crippen molar-refractivity contribution < 1.29 is 14.3 Å². The number of rotatable bonds is 5. The Morgan fingerprint density at radius 2 is 1.79 bits per heavy atom. The zero-order chi connectivity index (χ0) is 20.1. The number of pyridine rings is 1. The molecular weight excluding hydrogens is 376 g/mol. The van der Waals surface area contributed by atoms with Gasteiger partial charge in [0.25, 0.3) is 0 Å². The molecule has 0 radical (unpaired) electrons. The van der Waals surface area contributed by atoms with Crippen molar-refractivity contribution in [2.45, 2.75) is 20.5 Å². The van der Waals surface area contributed by atoms with Crippen LogP contribution < -0.4 is 5.32 Å². The Morgan fingerprint density at radius 1 is 1.11 bits per heavy atom. The summed E-state index contributed by atoms with van der Waals surface area (Å²) in [5, 5.41) is 3.92. The summed E-state index contributed by atoms with van der Waals surface area (Å²) in [6, 6.07) is 16.8. The molecular formula is C22H19ClN2O3. The van der Waals surface area contributed by atoms with Crippen LogP contribution in [0.15, 0.2) is 60.3 Å². The third kappa shape index (κ3) is 4.56. The van der Waals surface area contributed by atoms with Gasteiger partial charge in [-0.25, -0.2) is 9.78 Å². The number of hydrogen-bond donors (Lipinski definition) is 1. The Hall–Kier alpha value is -3.18. The van der Waals surface area contributed by atoms with Crippen LogP contribution in [0.2, 0.25) is 5.02 Å². The lowest BCUT2D eigenvalue weighted by Crippen LogP contribution is -2.26. The van der Waals surface area contributed by atoms with Crippen LogP contribution in [-0.2, 0) is 20.9 Å². The van der Waals surface area contributed by atoms with E-state index in [1.807, 2.05) is 61.5 Å². The van der Waals surface area contributed by atoms with E-state index in [4.69, 9.17) is 16.3 Å². The van der Waals surface area contributed by atoms with Crippen LogP contribution in [0.5, 0.6) is 0 Å². The smallest absolute Gasteiger partial charge is 0.355 e. The van der Waals surface area contributed by atoms with Crippen LogP contribution in [0.3, 0.4) is 0 Å². The Bertz CT molecular complexity index is 1060. The molecule has 28 heavy (non-hydrogen) atoms. The first kappa shape index (κ1) is 19.6. The summed E-state index contributed by atoms with van der Waals surface area (Å²) in [5.41, 5.74) is 2.93. The van der Waals surface area contributed by atoms with Crippen LogP contribution >= 0.6 is 11.6 Å². The summed E-state index contributed by atoms with van der Waals surface area (Å²) in [5.74, 6) is -1.03. The van der Waals surface area contributed by atoms with Gasteiger partial charge in [-0.05, 0) is 30.2 Å². The van der Waals surface area contributed by atoms with Crippen molar-refractivity contribution in [1.82, 2.24) is 10.3 Å². The second-order valence-corrected chi connectivity index (χ2v) is 6.62. The van der Waals surface area contributed by atoms with E-state index in [1.54, 1.807) is 6.08 Å². The van der Waals surface area contributed by atoms with Crippen molar-refractivity contribution in [3.8, 4) is 0 Å². The van der Waals surface area contributed by atoms with Crippen LogP contribution in [0, 0.1) is 6.92 Å². The monoisotopic (exact) mass is 394 g/mol. The van der Waals surface area contributed by atoms with Gasteiger partial charge in [0.15, 0.2) is 0 Å². The molecule has 0 saturated heterocycles. The fraction of sp³-hybridized carbons (Fsp3) is 0.136. The van der Waals surface area contributed by atoms with Gasteiger partial charge in [0.05, 0.1) is 16.2 Å². The highest BCUT2D eigenvalue weighted by Crippen LogP contribution is 2.27. The Balaban J connectivity index is 1.83. The quantitative estimate of drug-likeness (QED) is 0.514. The predicted molar refractivity (Wildman–Crippen MR) is 110 cm³/mol. The van der Waals surface area contributed by atoms with Crippen molar-refractivity contribution in [2.24, 2.45) is 0 Å². The second kappa shape index (κ2) is 8.67. The van der Waals surface area contributed by atoms with E-state index in [-0.39, 0.29) is 18.2 Å². The average molecular weight is 395 g/mol. The molecule has 0 aliphatic carbocycles. The molecule has 0 saturated carbocycles. The van der Waals surface area contributed by atoms with E-state index in [0.717, 1.165) is 22.0 Å². The van der Waals surface area contributed by atoms with Crippen LogP contribution in [0.4, 0.5) is 0 Å². The van der Waals surface area contributed by atoms with Crippen molar-refractivity contribution in [2.75, 3.05) is 0 Å². The molecule has 0 fully saturated rings. The first-order valence-corrected chi connectivity index (χ1v) is 9.08. The second-order valence-electron chi connectivity index (χ2n) is 6.24. The molecule has 3 aromatic rings. The molecule has 5 nitrogen and oxygen atoms in total. The SMILES string of the molecule is CC(=O)N/C(=C\c1ccccc1)C(=O)OCc1nc2ccccc2c(C)c1Cl. The van der Waals surface area contributed by atoms with Gasteiger partial charge < -0.3 is 10.1 Å². The minimum Gasteiger partial charge on any atom is -0.454 e. The molecule has 0 spiro atoms. The normalized spacial score (nSPS) is 11.3. The van der Waals surface area contributed by atoms with Crippen LogP contribution in [0.1, 0.15) is 23.7 Å². The van der Waals surface area contributed by atoms with Gasteiger partial charge in [-0.3, -0.25) is 4.79 Å². The number of hydrogen-bond acceptors (Lipinski definition) is 4. The number of aromatic nitrogens is 1. The zero-order valence-corrected chi connectivity index (χ0v) is 16.3. The molecule has 0 bridgehead atoms. The first-order valence-electron chi connectivity index (χ1n) is 8.71. The molecule has 0 unspecified atom stereocenters. The highest BCUT2D eigenvalue weighted by molar-refractivity contribution is 6.32. The van der Waals surface area contributed by atoms with Gasteiger partial charge in [-0.1, -0.05) is 60.1 Å². The van der Waals surface area contributed by atoms with Crippen molar-refractivity contribution in [1.29, 1.82) is 0 Å². The number of aryl methyl sites for hydroxylation is 1. The van der Waals surface area contributed by atoms with E-state index >= 15 is 0 Å². The minimum atomic E-state index is -0.664. The van der Waals surface area contributed by atoms with E-state index in [0.29, 0.717) is 10.7 Å². The number of halogens is 1. The average Bonchev–Trinajstić information content (AvgIpc) is 2.69. The molecule has 6 heteroatoms. The van der Waals surface area contributed by atoms with Crippen LogP contribution in [0.25, 0.3) is 17.0 Å². The number of para-hydroxylation sites is 1. The number of nitrogens with zero attached hydrogens (tertiary/aromatic N) is 1. The number of carbonyl (C=O) groups excluding carboxylic acids is 2. The molecule has 142 valence electrons. The third-order valence-corrected chi connectivity index (χ3v) is 4.63. The topological polar surface area (TPSA) is 68.3 Å². The first-order chi connectivity index (χ1) is 13.5. The highest BCUT2D eigenvalue weighted by atomic mass is 35.5. The lowest BCUT2D eigenvalue weighted by molar-refractivity contribution is -0.141. The van der Waals surface area contributed by atoms with Gasteiger partial charge in [0.1, 0.15) is 12.3 Å². The molecule has 1 aromatic heterocycles. The number of esters is 1. The van der Waals surface area contributed by atoms with Gasteiger partial charge in [0, 0.05) is 12.3 Å². The Labute approximate surface area is 168 Å². The van der Waals surface area contributed by atoms with Gasteiger partial charge in [-0.2, -0.15) is 0 Å². The predicted octanol–water partition coefficient (Wildman–Crippen LogP) is 4.42. The van der Waals surface area contributed by atoms with Crippen molar-refractivity contribution >= 4 is 40.5 Å². The molecule has 0 atom stereocenters. The maximum Gasteiger partial charge on any atom is 0.355 e. The summed E-state index contributed by atoms with van der Waals surface area (Å²) >= 11 is 6.41. The van der Waals surface area contributed by atoms with Gasteiger partial charge >= 0.3 is 5.97 Å².